The van der Waals surface area contributed by atoms with Gasteiger partial charge in [-0.05, 0) is 51.1 Å². The second kappa shape index (κ2) is 9.83. The van der Waals surface area contributed by atoms with Gasteiger partial charge in [0.05, 0.1) is 13.2 Å². The van der Waals surface area contributed by atoms with Crippen LogP contribution in [0.4, 0.5) is 10.9 Å². The van der Waals surface area contributed by atoms with Gasteiger partial charge in [0.15, 0.2) is 0 Å². The average molecular weight is 459 g/mol. The van der Waals surface area contributed by atoms with Crippen molar-refractivity contribution < 1.29 is 9.53 Å². The lowest BCUT2D eigenvalue weighted by Crippen LogP contribution is -2.18. The van der Waals surface area contributed by atoms with E-state index < -0.39 is 0 Å². The van der Waals surface area contributed by atoms with Crippen LogP contribution in [0.1, 0.15) is 43.8 Å². The molecule has 2 aromatic heterocycles. The number of carbonyl (C=O) groups excluding carboxylic acids is 1. The molecule has 1 amide bonds. The summed E-state index contributed by atoms with van der Waals surface area (Å²) in [5, 5.41) is 7.36. The van der Waals surface area contributed by atoms with Crippen LogP contribution in [-0.2, 0) is 0 Å². The Morgan fingerprint density at radius 2 is 1.58 bits per heavy atom. The van der Waals surface area contributed by atoms with Crippen LogP contribution in [0.5, 0.6) is 5.75 Å². The number of hydrogen-bond donors (Lipinski definition) is 2. The number of hydrogen-bond acceptors (Lipinski definition) is 6. The van der Waals surface area contributed by atoms with Crippen LogP contribution in [0.2, 0.25) is 0 Å². The fourth-order valence-electron chi connectivity index (χ4n) is 3.76. The molecule has 0 aliphatic heterocycles. The van der Waals surface area contributed by atoms with Crippen LogP contribution in [0.3, 0.4) is 0 Å². The van der Waals surface area contributed by atoms with Crippen molar-refractivity contribution in [1.29, 1.82) is 0 Å². The normalized spacial score (nSPS) is 11.6. The number of anilines is 2. The average Bonchev–Trinajstić information content (AvgIpc) is 3.17. The number of para-hydroxylation sites is 1. The van der Waals surface area contributed by atoms with Gasteiger partial charge < -0.3 is 15.4 Å². The van der Waals surface area contributed by atoms with Crippen molar-refractivity contribution in [2.75, 3.05) is 17.7 Å². The van der Waals surface area contributed by atoms with E-state index in [2.05, 4.69) is 26.7 Å². The molecule has 0 fully saturated rings. The molecule has 0 aliphatic carbocycles. The maximum absolute atomic E-state index is 12.9. The molecule has 2 aromatic carbocycles. The first kappa shape index (κ1) is 22.5. The molecule has 0 saturated heterocycles. The molecule has 0 radical (unpaired) electrons. The molecule has 1 atom stereocenters. The number of aromatic nitrogens is 2. The van der Waals surface area contributed by atoms with E-state index in [0.717, 1.165) is 38.1 Å². The first-order chi connectivity index (χ1) is 15.9. The van der Waals surface area contributed by atoms with Crippen LogP contribution < -0.4 is 15.4 Å². The molecule has 6 nitrogen and oxygen atoms in total. The van der Waals surface area contributed by atoms with E-state index in [9.17, 15) is 4.79 Å². The predicted octanol–water partition coefficient (Wildman–Crippen LogP) is 5.93. The third-order valence-corrected chi connectivity index (χ3v) is 6.15. The van der Waals surface area contributed by atoms with Crippen molar-refractivity contribution in [2.24, 2.45) is 0 Å². The lowest BCUT2D eigenvalue weighted by molar-refractivity contribution is 0.102. The van der Waals surface area contributed by atoms with Gasteiger partial charge >= 0.3 is 0 Å². The molecule has 0 bridgehead atoms. The second-order valence-corrected chi connectivity index (χ2v) is 9.01. The maximum Gasteiger partial charge on any atom is 0.256 e. The molecular formula is C26H26N4O2S. The van der Waals surface area contributed by atoms with E-state index >= 15 is 0 Å². The molecule has 4 rings (SSSR count). The number of nitrogens with zero attached hydrogens (tertiary/aromatic N) is 2. The van der Waals surface area contributed by atoms with E-state index in [1.807, 2.05) is 69.3 Å². The summed E-state index contributed by atoms with van der Waals surface area (Å²) < 4.78 is 5.67. The zero-order chi connectivity index (χ0) is 23.4. The number of carbonyl (C=O) groups is 1. The highest BCUT2D eigenvalue weighted by Crippen LogP contribution is 2.40. The van der Waals surface area contributed by atoms with Crippen LogP contribution in [-0.4, -0.2) is 23.0 Å². The maximum atomic E-state index is 12.9. The molecule has 0 spiro atoms. The molecule has 4 aromatic rings. The molecule has 7 heteroatoms. The highest BCUT2D eigenvalue weighted by atomic mass is 32.1. The van der Waals surface area contributed by atoms with Gasteiger partial charge in [-0.3, -0.25) is 4.79 Å². The van der Waals surface area contributed by atoms with Crippen molar-refractivity contribution >= 4 is 28.2 Å². The fourth-order valence-corrected chi connectivity index (χ4v) is 4.70. The van der Waals surface area contributed by atoms with Crippen molar-refractivity contribution in [3.05, 3.63) is 99.7 Å². The number of benzene rings is 2. The van der Waals surface area contributed by atoms with Crippen LogP contribution >= 0.6 is 11.3 Å². The monoisotopic (exact) mass is 458 g/mol. The first-order valence-electron chi connectivity index (χ1n) is 10.6. The van der Waals surface area contributed by atoms with Gasteiger partial charge in [0, 0.05) is 33.0 Å². The van der Waals surface area contributed by atoms with Gasteiger partial charge in [-0.15, -0.1) is 11.3 Å². The number of thiophene rings is 1. The molecule has 2 heterocycles. The van der Waals surface area contributed by atoms with Crippen LogP contribution in [0.15, 0.2) is 66.7 Å². The Balaban J connectivity index is 1.78. The fraction of sp³-hybridized carbons (Fsp3) is 0.192. The van der Waals surface area contributed by atoms with Gasteiger partial charge in [-0.1, -0.05) is 36.4 Å². The minimum Gasteiger partial charge on any atom is -0.496 e. The van der Waals surface area contributed by atoms with Crippen molar-refractivity contribution in [3.8, 4) is 5.75 Å². The minimum atomic E-state index is -0.335. The standard InChI is InChI=1S/C26H26N4O2S/c1-16-14-17(2)28-26(27-16)29-23(20-12-8-9-13-22(20)32-4)21-15-18(3)33-25(21)30-24(31)19-10-6-5-7-11-19/h5-15,23H,1-4H3,(H,30,31)(H,27,28,29)/t23-/m0/s1. The lowest BCUT2D eigenvalue weighted by atomic mass is 9.99. The predicted molar refractivity (Wildman–Crippen MR) is 133 cm³/mol. The Morgan fingerprint density at radius 3 is 2.27 bits per heavy atom. The topological polar surface area (TPSA) is 76.1 Å². The van der Waals surface area contributed by atoms with Crippen LogP contribution in [0.25, 0.3) is 0 Å². The third kappa shape index (κ3) is 5.21. The Labute approximate surface area is 197 Å². The van der Waals surface area contributed by atoms with Crippen molar-refractivity contribution in [1.82, 2.24) is 9.97 Å². The van der Waals surface area contributed by atoms with Gasteiger partial charge in [0.25, 0.3) is 5.91 Å². The van der Waals surface area contributed by atoms with Crippen molar-refractivity contribution in [2.45, 2.75) is 26.8 Å². The molecule has 0 aliphatic rings. The van der Waals surface area contributed by atoms with Gasteiger partial charge in [0.2, 0.25) is 5.95 Å². The largest absolute Gasteiger partial charge is 0.496 e. The second-order valence-electron chi connectivity index (χ2n) is 7.76. The summed E-state index contributed by atoms with van der Waals surface area (Å²) in [6, 6.07) is 20.7. The van der Waals surface area contributed by atoms with E-state index in [1.54, 1.807) is 19.2 Å². The lowest BCUT2D eigenvalue weighted by Gasteiger charge is -2.22. The Kier molecular flexibility index (Phi) is 6.70. The minimum absolute atomic E-state index is 0.153. The number of ether oxygens (including phenoxy) is 1. The molecule has 33 heavy (non-hydrogen) atoms. The van der Waals surface area contributed by atoms with Gasteiger partial charge in [0.1, 0.15) is 10.8 Å². The summed E-state index contributed by atoms with van der Waals surface area (Å²) in [4.78, 5) is 23.2. The van der Waals surface area contributed by atoms with E-state index in [0.29, 0.717) is 11.5 Å². The number of nitrogens with one attached hydrogen (secondary N) is 2. The zero-order valence-corrected chi connectivity index (χ0v) is 19.9. The summed E-state index contributed by atoms with van der Waals surface area (Å²) >= 11 is 1.54. The van der Waals surface area contributed by atoms with E-state index in [-0.39, 0.29) is 11.9 Å². The van der Waals surface area contributed by atoms with E-state index in [4.69, 9.17) is 4.74 Å². The first-order valence-corrected chi connectivity index (χ1v) is 11.4. The summed E-state index contributed by atoms with van der Waals surface area (Å²) in [5.41, 5.74) is 4.21. The number of aryl methyl sites for hydroxylation is 3. The highest BCUT2D eigenvalue weighted by Gasteiger charge is 2.25. The third-order valence-electron chi connectivity index (χ3n) is 5.16. The molecular weight excluding hydrogens is 432 g/mol. The zero-order valence-electron chi connectivity index (χ0n) is 19.0. The Bertz CT molecular complexity index is 1250. The van der Waals surface area contributed by atoms with Crippen LogP contribution in [0, 0.1) is 20.8 Å². The summed E-state index contributed by atoms with van der Waals surface area (Å²) in [6.07, 6.45) is 0. The smallest absolute Gasteiger partial charge is 0.256 e. The molecule has 2 N–H and O–H groups in total. The van der Waals surface area contributed by atoms with Crippen molar-refractivity contribution in [3.63, 3.8) is 0 Å². The number of amides is 1. The SMILES string of the molecule is COc1ccccc1[C@H](Nc1nc(C)cc(C)n1)c1cc(C)sc1NC(=O)c1ccccc1. The summed E-state index contributed by atoms with van der Waals surface area (Å²) in [7, 11) is 1.65. The molecule has 0 saturated carbocycles. The highest BCUT2D eigenvalue weighted by molar-refractivity contribution is 7.16. The quantitative estimate of drug-likeness (QED) is 0.359. The Hall–Kier alpha value is -3.71. The Morgan fingerprint density at radius 1 is 0.909 bits per heavy atom. The number of rotatable bonds is 7. The van der Waals surface area contributed by atoms with E-state index in [1.165, 1.54) is 11.3 Å². The molecule has 168 valence electrons. The van der Waals surface area contributed by atoms with Gasteiger partial charge in [-0.25, -0.2) is 9.97 Å². The number of methoxy groups -OCH3 is 1. The molecule has 0 unspecified atom stereocenters. The van der Waals surface area contributed by atoms with Gasteiger partial charge in [-0.2, -0.15) is 0 Å². The summed E-state index contributed by atoms with van der Waals surface area (Å²) in [5.74, 6) is 1.11. The summed E-state index contributed by atoms with van der Waals surface area (Å²) in [6.45, 7) is 5.91.